The van der Waals surface area contributed by atoms with Crippen molar-refractivity contribution in [1.29, 1.82) is 0 Å². The van der Waals surface area contributed by atoms with Gasteiger partial charge < -0.3 is 15.5 Å². The van der Waals surface area contributed by atoms with E-state index in [4.69, 9.17) is 0 Å². The third-order valence-corrected chi connectivity index (χ3v) is 7.65. The average Bonchev–Trinajstić information content (AvgIpc) is 3.83. The molecule has 1 amide bonds. The van der Waals surface area contributed by atoms with Crippen molar-refractivity contribution < 1.29 is 23.8 Å². The number of aromatic nitrogens is 3. The van der Waals surface area contributed by atoms with Crippen molar-refractivity contribution in [2.45, 2.75) is 56.8 Å². The molecule has 6 rings (SSSR count). The van der Waals surface area contributed by atoms with E-state index in [9.17, 15) is 19.4 Å². The van der Waals surface area contributed by atoms with E-state index in [0.29, 0.717) is 30.0 Å². The molecule has 39 heavy (non-hydrogen) atoms. The minimum atomic E-state index is -1.60. The Morgan fingerprint density at radius 2 is 1.77 bits per heavy atom. The summed E-state index contributed by atoms with van der Waals surface area (Å²) in [6.45, 7) is 2.74. The van der Waals surface area contributed by atoms with Gasteiger partial charge in [-0.15, -0.1) is 0 Å². The smallest absolute Gasteiger partial charge is 0.251 e. The molecule has 2 fully saturated rings. The number of fused-ring (bicyclic) bond motifs is 1. The molecule has 1 atom stereocenters. The molecule has 0 unspecified atom stereocenters. The molecular formula is C30H30F2N4O3. The van der Waals surface area contributed by atoms with Gasteiger partial charge in [0, 0.05) is 28.3 Å². The Bertz CT molecular complexity index is 1570. The zero-order valence-electron chi connectivity index (χ0n) is 21.8. The molecule has 2 aliphatic carbocycles. The van der Waals surface area contributed by atoms with Gasteiger partial charge in [0.1, 0.15) is 17.1 Å². The van der Waals surface area contributed by atoms with Crippen molar-refractivity contribution in [3.8, 4) is 11.3 Å². The lowest BCUT2D eigenvalue weighted by atomic mass is 9.87. The molecule has 2 saturated carbocycles. The van der Waals surface area contributed by atoms with Crippen LogP contribution in [0, 0.1) is 17.6 Å². The second kappa shape index (κ2) is 9.20. The summed E-state index contributed by atoms with van der Waals surface area (Å²) in [6, 6.07) is 12.3. The Hall–Kier alpha value is -3.69. The summed E-state index contributed by atoms with van der Waals surface area (Å²) in [7, 11) is 0. The molecular weight excluding hydrogens is 502 g/mol. The fourth-order valence-electron chi connectivity index (χ4n) is 5.03. The number of benzene rings is 2. The van der Waals surface area contributed by atoms with Gasteiger partial charge in [0.25, 0.3) is 5.91 Å². The fourth-order valence-corrected chi connectivity index (χ4v) is 5.03. The SMILES string of the molecule is CC(C)(O)c1cc([C@@](O)(CNC(=O)c2ccc3nn(C4CC4)cc3c2)C2CC2)nc(-c2ccc(F)cc2)c1F. The number of halogens is 2. The molecule has 0 aliphatic heterocycles. The van der Waals surface area contributed by atoms with E-state index in [1.807, 2.05) is 16.9 Å². The number of rotatable bonds is 8. The highest BCUT2D eigenvalue weighted by atomic mass is 19.1. The topological polar surface area (TPSA) is 100 Å². The summed E-state index contributed by atoms with van der Waals surface area (Å²) in [6.07, 6.45) is 5.58. The molecule has 9 heteroatoms. The van der Waals surface area contributed by atoms with Gasteiger partial charge in [-0.3, -0.25) is 9.48 Å². The lowest BCUT2D eigenvalue weighted by Crippen LogP contribution is -2.43. The number of aliphatic hydroxyl groups is 2. The van der Waals surface area contributed by atoms with Crippen LogP contribution in [0.5, 0.6) is 0 Å². The quantitative estimate of drug-likeness (QED) is 0.298. The predicted octanol–water partition coefficient (Wildman–Crippen LogP) is 4.97. The average molecular weight is 533 g/mol. The number of carbonyl (C=O) groups is 1. The summed E-state index contributed by atoms with van der Waals surface area (Å²) >= 11 is 0. The van der Waals surface area contributed by atoms with E-state index < -0.39 is 22.8 Å². The van der Waals surface area contributed by atoms with Crippen molar-refractivity contribution in [1.82, 2.24) is 20.1 Å². The summed E-state index contributed by atoms with van der Waals surface area (Å²) in [4.78, 5) is 17.6. The number of hydrogen-bond donors (Lipinski definition) is 3. The number of hydrogen-bond acceptors (Lipinski definition) is 5. The Balaban J connectivity index is 1.32. The maximum atomic E-state index is 15.6. The first-order valence-electron chi connectivity index (χ1n) is 13.2. The summed E-state index contributed by atoms with van der Waals surface area (Å²) in [5, 5.41) is 30.9. The minimum Gasteiger partial charge on any atom is -0.386 e. The first-order valence-corrected chi connectivity index (χ1v) is 13.2. The molecule has 7 nitrogen and oxygen atoms in total. The van der Waals surface area contributed by atoms with Gasteiger partial charge in [-0.2, -0.15) is 5.10 Å². The normalized spacial score (nSPS) is 17.3. The minimum absolute atomic E-state index is 0.0460. The van der Waals surface area contributed by atoms with Gasteiger partial charge in [0.05, 0.1) is 29.4 Å². The van der Waals surface area contributed by atoms with Gasteiger partial charge in [0.2, 0.25) is 0 Å². The zero-order valence-corrected chi connectivity index (χ0v) is 21.8. The van der Waals surface area contributed by atoms with Crippen molar-refractivity contribution in [3.63, 3.8) is 0 Å². The largest absolute Gasteiger partial charge is 0.386 e. The molecule has 0 spiro atoms. The molecule has 2 heterocycles. The number of amides is 1. The van der Waals surface area contributed by atoms with Crippen molar-refractivity contribution in [2.75, 3.05) is 6.54 Å². The van der Waals surface area contributed by atoms with Gasteiger partial charge in [0.15, 0.2) is 5.82 Å². The number of nitrogens with zero attached hydrogens (tertiary/aromatic N) is 3. The Morgan fingerprint density at radius 3 is 2.41 bits per heavy atom. The van der Waals surface area contributed by atoms with E-state index in [0.717, 1.165) is 23.7 Å². The van der Waals surface area contributed by atoms with Crippen molar-refractivity contribution in [2.24, 2.45) is 5.92 Å². The van der Waals surface area contributed by atoms with Gasteiger partial charge in [-0.1, -0.05) is 0 Å². The van der Waals surface area contributed by atoms with Crippen LogP contribution in [-0.4, -0.2) is 37.4 Å². The highest BCUT2D eigenvalue weighted by Gasteiger charge is 2.47. The molecule has 202 valence electrons. The molecule has 2 aliphatic rings. The third kappa shape index (κ3) is 4.92. The van der Waals surface area contributed by atoms with Crippen LogP contribution in [0.15, 0.2) is 54.7 Å². The van der Waals surface area contributed by atoms with E-state index in [-0.39, 0.29) is 35.3 Å². The number of nitrogens with one attached hydrogen (secondary N) is 1. The molecule has 2 aromatic carbocycles. The van der Waals surface area contributed by atoms with Crippen molar-refractivity contribution >= 4 is 16.8 Å². The summed E-state index contributed by atoms with van der Waals surface area (Å²) < 4.78 is 31.1. The number of carbonyl (C=O) groups excluding carboxylic acids is 1. The Kier molecular flexibility index (Phi) is 6.04. The zero-order chi connectivity index (χ0) is 27.5. The predicted molar refractivity (Wildman–Crippen MR) is 142 cm³/mol. The molecule has 3 N–H and O–H groups in total. The lowest BCUT2D eigenvalue weighted by molar-refractivity contribution is 0.00864. The van der Waals surface area contributed by atoms with Gasteiger partial charge in [-0.05, 0) is 94.0 Å². The van der Waals surface area contributed by atoms with Gasteiger partial charge in [-0.25, -0.2) is 13.8 Å². The van der Waals surface area contributed by atoms with Crippen LogP contribution < -0.4 is 5.32 Å². The van der Waals surface area contributed by atoms with E-state index in [1.54, 1.807) is 12.1 Å². The lowest BCUT2D eigenvalue weighted by Gasteiger charge is -2.30. The first-order chi connectivity index (χ1) is 18.5. The van der Waals surface area contributed by atoms with Crippen LogP contribution in [0.3, 0.4) is 0 Å². The Labute approximate surface area is 224 Å². The van der Waals surface area contributed by atoms with E-state index >= 15 is 4.39 Å². The van der Waals surface area contributed by atoms with Crippen LogP contribution in [0.2, 0.25) is 0 Å². The van der Waals surface area contributed by atoms with Crippen LogP contribution in [-0.2, 0) is 11.2 Å². The Morgan fingerprint density at radius 1 is 1.05 bits per heavy atom. The molecule has 0 radical (unpaired) electrons. The molecule has 4 aromatic rings. The molecule has 0 saturated heterocycles. The molecule has 2 aromatic heterocycles. The molecule has 0 bridgehead atoms. The number of pyridine rings is 1. The van der Waals surface area contributed by atoms with Crippen LogP contribution in [0.4, 0.5) is 8.78 Å². The first kappa shape index (κ1) is 25.6. The van der Waals surface area contributed by atoms with Gasteiger partial charge >= 0.3 is 0 Å². The van der Waals surface area contributed by atoms with Crippen LogP contribution >= 0.6 is 0 Å². The summed E-state index contributed by atoms with van der Waals surface area (Å²) in [5.41, 5.74) is -1.62. The van der Waals surface area contributed by atoms with E-state index in [1.165, 1.54) is 44.2 Å². The standard InChI is InChI=1S/C30H30F2N4O3/c1-29(2,38)23-14-25(34-27(26(23)32)17-3-8-21(31)9-4-17)30(39,20-6-7-20)16-33-28(37)18-5-12-24-19(13-18)15-36(35-24)22-10-11-22/h3-5,8-9,12-15,20,22,38-39H,6-7,10-11,16H2,1-2H3,(H,33,37)/t30-/m1/s1. The third-order valence-electron chi connectivity index (χ3n) is 7.65. The second-order valence-electron chi connectivity index (χ2n) is 11.3. The van der Waals surface area contributed by atoms with E-state index in [2.05, 4.69) is 15.4 Å². The summed E-state index contributed by atoms with van der Waals surface area (Å²) in [5.74, 6) is -1.79. The van der Waals surface area contributed by atoms with Crippen LogP contribution in [0.25, 0.3) is 22.2 Å². The highest BCUT2D eigenvalue weighted by molar-refractivity contribution is 5.97. The maximum absolute atomic E-state index is 15.6. The monoisotopic (exact) mass is 532 g/mol. The maximum Gasteiger partial charge on any atom is 0.251 e. The van der Waals surface area contributed by atoms with Crippen LogP contribution in [0.1, 0.15) is 67.2 Å². The second-order valence-corrected chi connectivity index (χ2v) is 11.3. The highest BCUT2D eigenvalue weighted by Crippen LogP contribution is 2.46. The fraction of sp³-hybridized carbons (Fsp3) is 0.367. The van der Waals surface area contributed by atoms with Crippen molar-refractivity contribution in [3.05, 3.63) is 83.2 Å².